The molecule has 1 fully saturated rings. The number of Topliss-reactive ketones (excluding diaryl/α,β-unsaturated/α-hetero) is 1. The van der Waals surface area contributed by atoms with Gasteiger partial charge in [-0.3, -0.25) is 9.59 Å². The number of hydrogen-bond donors (Lipinski definition) is 5. The SMILES string of the molecule is CCCC(=O)NS(=O)(=O)c1cccc(Nc2ncc(C)c(Nc3ccccc3CNS(=O)(=O)C3CC3C(=O)CCC)n2)c1.C[N+](C)(C)CCO. The molecule has 3 aromatic rings. The van der Waals surface area contributed by atoms with Crippen LogP contribution in [0, 0.1) is 12.8 Å². The Hall–Kier alpha value is -3.96. The van der Waals surface area contributed by atoms with Gasteiger partial charge in [0.05, 0.1) is 37.9 Å². The molecule has 0 spiro atoms. The van der Waals surface area contributed by atoms with Gasteiger partial charge in [-0.1, -0.05) is 38.1 Å². The second kappa shape index (κ2) is 17.8. The fourth-order valence-corrected chi connectivity index (χ4v) is 7.46. The van der Waals surface area contributed by atoms with Crippen molar-refractivity contribution in [2.75, 3.05) is 44.9 Å². The van der Waals surface area contributed by atoms with E-state index in [1.165, 1.54) is 18.2 Å². The summed E-state index contributed by atoms with van der Waals surface area (Å²) in [5.41, 5.74) is 2.42. The number of aliphatic hydroxyl groups excluding tert-OH is 1. The van der Waals surface area contributed by atoms with Crippen LogP contribution in [-0.4, -0.2) is 87.6 Å². The van der Waals surface area contributed by atoms with E-state index in [1.807, 2.05) is 19.9 Å². The summed E-state index contributed by atoms with van der Waals surface area (Å²) in [4.78, 5) is 32.7. The van der Waals surface area contributed by atoms with Gasteiger partial charge < -0.3 is 20.2 Å². The largest absolute Gasteiger partial charge is 0.391 e. The number of rotatable bonds is 17. The van der Waals surface area contributed by atoms with Crippen molar-refractivity contribution < 1.29 is 36.0 Å². The molecule has 274 valence electrons. The molecule has 1 saturated carbocycles. The van der Waals surface area contributed by atoms with E-state index in [0.29, 0.717) is 54.0 Å². The fourth-order valence-electron chi connectivity index (χ4n) is 4.78. The van der Waals surface area contributed by atoms with Crippen molar-refractivity contribution >= 4 is 54.9 Å². The molecule has 2 atom stereocenters. The van der Waals surface area contributed by atoms with E-state index in [-0.39, 0.29) is 36.2 Å². The van der Waals surface area contributed by atoms with Crippen LogP contribution in [-0.2, 0) is 36.2 Å². The maximum absolute atomic E-state index is 12.8. The van der Waals surface area contributed by atoms with Gasteiger partial charge in [-0.05, 0) is 56.0 Å². The number of carbonyl (C=O) groups is 2. The molecule has 2 unspecified atom stereocenters. The Bertz CT molecular complexity index is 1850. The van der Waals surface area contributed by atoms with Crippen LogP contribution in [0.5, 0.6) is 0 Å². The lowest BCUT2D eigenvalue weighted by Crippen LogP contribution is -2.36. The first-order valence-corrected chi connectivity index (χ1v) is 19.6. The molecular formula is C34H50N7O7S2+. The van der Waals surface area contributed by atoms with Crippen molar-refractivity contribution in [1.82, 2.24) is 19.4 Å². The maximum Gasteiger partial charge on any atom is 0.264 e. The van der Waals surface area contributed by atoms with E-state index in [0.717, 1.165) is 11.0 Å². The smallest absolute Gasteiger partial charge is 0.264 e. The number of nitrogens with zero attached hydrogens (tertiary/aromatic N) is 3. The first-order chi connectivity index (χ1) is 23.5. The zero-order valence-corrected chi connectivity index (χ0v) is 31.2. The van der Waals surface area contributed by atoms with Gasteiger partial charge in [0.25, 0.3) is 10.0 Å². The highest BCUT2D eigenvalue weighted by Gasteiger charge is 2.50. The number of aliphatic hydroxyl groups is 1. The van der Waals surface area contributed by atoms with Gasteiger partial charge in [-0.25, -0.2) is 31.3 Å². The minimum atomic E-state index is -4.04. The molecule has 1 aliphatic rings. The third kappa shape index (κ3) is 12.4. The van der Waals surface area contributed by atoms with Crippen LogP contribution in [0.2, 0.25) is 0 Å². The summed E-state index contributed by atoms with van der Waals surface area (Å²) < 4.78 is 56.4. The Morgan fingerprint density at radius 2 is 1.66 bits per heavy atom. The molecule has 0 aliphatic heterocycles. The Kier molecular flexibility index (Phi) is 14.4. The van der Waals surface area contributed by atoms with E-state index in [2.05, 4.69) is 51.2 Å². The lowest BCUT2D eigenvalue weighted by molar-refractivity contribution is -0.870. The number of benzene rings is 2. The third-order valence-electron chi connectivity index (χ3n) is 7.64. The van der Waals surface area contributed by atoms with Gasteiger partial charge >= 0.3 is 0 Å². The van der Waals surface area contributed by atoms with Crippen LogP contribution in [0.15, 0.2) is 59.6 Å². The normalized spacial score (nSPS) is 15.7. The zero-order chi connectivity index (χ0) is 37.1. The average molecular weight is 733 g/mol. The van der Waals surface area contributed by atoms with E-state index in [1.54, 1.807) is 37.4 Å². The molecule has 0 radical (unpaired) electrons. The van der Waals surface area contributed by atoms with Crippen LogP contribution in [0.25, 0.3) is 0 Å². The summed E-state index contributed by atoms with van der Waals surface area (Å²) >= 11 is 0. The van der Waals surface area contributed by atoms with Gasteiger partial charge in [-0.2, -0.15) is 4.98 Å². The van der Waals surface area contributed by atoms with Crippen molar-refractivity contribution in [2.45, 2.75) is 69.6 Å². The molecule has 16 heteroatoms. The number of hydrogen-bond acceptors (Lipinski definition) is 11. The Morgan fingerprint density at radius 3 is 2.30 bits per heavy atom. The average Bonchev–Trinajstić information content (AvgIpc) is 3.85. The van der Waals surface area contributed by atoms with Crippen LogP contribution < -0.4 is 20.1 Å². The molecule has 14 nitrogen and oxygen atoms in total. The summed E-state index contributed by atoms with van der Waals surface area (Å²) in [5, 5.41) is 13.9. The lowest BCUT2D eigenvalue weighted by Gasteiger charge is -2.21. The van der Waals surface area contributed by atoms with Crippen LogP contribution in [0.4, 0.5) is 23.1 Å². The topological polar surface area (TPSA) is 197 Å². The Balaban J connectivity index is 0.000000872. The number of sulfonamides is 2. The molecule has 4 rings (SSSR count). The van der Waals surface area contributed by atoms with Crippen LogP contribution in [0.1, 0.15) is 57.1 Å². The first-order valence-electron chi connectivity index (χ1n) is 16.5. The Morgan fingerprint density at radius 1 is 0.960 bits per heavy atom. The van der Waals surface area contributed by atoms with Crippen LogP contribution in [0.3, 0.4) is 0 Å². The maximum atomic E-state index is 12.8. The third-order valence-corrected chi connectivity index (χ3v) is 10.9. The number of anilines is 4. The predicted molar refractivity (Wildman–Crippen MR) is 194 cm³/mol. The van der Waals surface area contributed by atoms with Gasteiger partial charge in [0.1, 0.15) is 18.1 Å². The summed E-state index contributed by atoms with van der Waals surface area (Å²) in [6.07, 6.45) is 3.65. The van der Waals surface area contributed by atoms with Crippen molar-refractivity contribution in [3.63, 3.8) is 0 Å². The van der Waals surface area contributed by atoms with Crippen molar-refractivity contribution in [3.8, 4) is 0 Å². The number of aromatic nitrogens is 2. The van der Waals surface area contributed by atoms with Gasteiger partial charge in [-0.15, -0.1) is 0 Å². The van der Waals surface area contributed by atoms with Gasteiger partial charge in [0.2, 0.25) is 21.9 Å². The van der Waals surface area contributed by atoms with E-state index in [4.69, 9.17) is 5.11 Å². The second-order valence-corrected chi connectivity index (χ2v) is 16.8. The molecule has 2 aromatic carbocycles. The summed E-state index contributed by atoms with van der Waals surface area (Å²) in [5.74, 6) is -0.370. The molecule has 1 aromatic heterocycles. The Labute approximate surface area is 295 Å². The number of nitrogens with one attached hydrogen (secondary N) is 4. The molecule has 50 heavy (non-hydrogen) atoms. The van der Waals surface area contributed by atoms with E-state index in [9.17, 15) is 26.4 Å². The van der Waals surface area contributed by atoms with Crippen molar-refractivity contribution in [2.24, 2.45) is 5.92 Å². The number of quaternary nitrogens is 1. The highest BCUT2D eigenvalue weighted by molar-refractivity contribution is 7.90. The molecule has 0 saturated heterocycles. The summed E-state index contributed by atoms with van der Waals surface area (Å²) in [6.45, 7) is 6.63. The lowest BCUT2D eigenvalue weighted by atomic mass is 10.1. The minimum Gasteiger partial charge on any atom is -0.391 e. The van der Waals surface area contributed by atoms with E-state index >= 15 is 0 Å². The molecule has 1 amide bonds. The minimum absolute atomic E-state index is 0.00400. The predicted octanol–water partition coefficient (Wildman–Crippen LogP) is 3.74. The molecular weight excluding hydrogens is 683 g/mol. The van der Waals surface area contributed by atoms with Crippen molar-refractivity contribution in [1.29, 1.82) is 0 Å². The molecule has 1 heterocycles. The second-order valence-electron chi connectivity index (χ2n) is 13.1. The van der Waals surface area contributed by atoms with Crippen molar-refractivity contribution in [3.05, 3.63) is 65.9 Å². The zero-order valence-electron chi connectivity index (χ0n) is 29.6. The van der Waals surface area contributed by atoms with Gasteiger partial charge in [0.15, 0.2) is 0 Å². The highest BCUT2D eigenvalue weighted by Crippen LogP contribution is 2.38. The summed E-state index contributed by atoms with van der Waals surface area (Å²) in [6, 6.07) is 13.1. The molecule has 5 N–H and O–H groups in total. The van der Waals surface area contributed by atoms with E-state index < -0.39 is 37.1 Å². The first kappa shape index (κ1) is 40.5. The quantitative estimate of drug-likeness (QED) is 0.127. The standard InChI is InChI=1S/C29H36N6O6S2.C5H14NO/c1-4-9-25(36)23-16-26(23)43(40,41)31-18-20-11-6-7-14-24(20)33-28-19(3)17-30-29(34-28)32-21-12-8-13-22(15-21)42(38,39)35-27(37)10-5-2;1-6(2,3)4-5-7/h6-8,11-15,17,23,26,31H,4-5,9-10,16,18H2,1-3H3,(H,35,37)(H2,30,32,33,34);7H,4-5H2,1-3H3/q;+1. The fraction of sp³-hybridized carbons (Fsp3) is 0.471. The number of para-hydroxylation sites is 1. The molecule has 0 bridgehead atoms. The summed E-state index contributed by atoms with van der Waals surface area (Å²) in [7, 11) is -1.55. The number of aryl methyl sites for hydroxylation is 1. The number of amides is 1. The number of carbonyl (C=O) groups excluding carboxylic acids is 2. The monoisotopic (exact) mass is 732 g/mol. The molecule has 1 aliphatic carbocycles. The van der Waals surface area contributed by atoms with Crippen LogP contribution >= 0.6 is 0 Å². The highest BCUT2D eigenvalue weighted by atomic mass is 32.2. The number of ketones is 1. The van der Waals surface area contributed by atoms with Gasteiger partial charge in [0, 0.05) is 48.4 Å². The number of likely N-dealkylation sites (N-methyl/N-ethyl adjacent to an activating group) is 1.